The molecule has 3 N–H and O–H groups in total. The number of carbonyl (C=O) groups is 1. The van der Waals surface area contributed by atoms with Crippen molar-refractivity contribution in [1.29, 1.82) is 0 Å². The number of hydrogen-bond donors (Lipinski definition) is 3. The number of thiophene rings is 1. The summed E-state index contributed by atoms with van der Waals surface area (Å²) in [5.41, 5.74) is 2.37. The third kappa shape index (κ3) is 4.76. The van der Waals surface area contributed by atoms with E-state index in [1.165, 1.54) is 23.7 Å². The van der Waals surface area contributed by atoms with Crippen molar-refractivity contribution >= 4 is 60.5 Å². The maximum atomic E-state index is 13.0. The van der Waals surface area contributed by atoms with Gasteiger partial charge in [-0.3, -0.25) is 9.59 Å². The minimum Gasteiger partial charge on any atom is -0.352 e. The number of thiazole rings is 1. The van der Waals surface area contributed by atoms with Crippen LogP contribution in [0.15, 0.2) is 53.6 Å². The minimum absolute atomic E-state index is 0.0399. The van der Waals surface area contributed by atoms with Crippen LogP contribution in [-0.2, 0) is 30.4 Å². The Balaban J connectivity index is 1.19. The second-order valence-electron chi connectivity index (χ2n) is 9.11. The average Bonchev–Trinajstić information content (AvgIpc) is 3.46. The molecule has 0 spiro atoms. The smallest absolute Gasteiger partial charge is 0.352 e. The molecule has 5 aromatic rings. The van der Waals surface area contributed by atoms with Crippen molar-refractivity contribution in [2.75, 3.05) is 5.32 Å². The maximum absolute atomic E-state index is 13.0. The van der Waals surface area contributed by atoms with Crippen molar-refractivity contribution in [2.24, 2.45) is 5.92 Å². The zero-order valence-electron chi connectivity index (χ0n) is 19.7. The third-order valence-electron chi connectivity index (χ3n) is 6.62. The summed E-state index contributed by atoms with van der Waals surface area (Å²) in [6.45, 7) is 0.0399. The highest BCUT2D eigenvalue weighted by Crippen LogP contribution is 2.40. The van der Waals surface area contributed by atoms with Gasteiger partial charge in [-0.1, -0.05) is 23.5 Å². The molecule has 1 unspecified atom stereocenters. The molecule has 3 heterocycles. The van der Waals surface area contributed by atoms with Crippen LogP contribution in [0.25, 0.3) is 20.4 Å². The second-order valence-corrected chi connectivity index (χ2v) is 11.2. The number of benzene rings is 2. The van der Waals surface area contributed by atoms with Crippen molar-refractivity contribution < 1.29 is 18.0 Å². The van der Waals surface area contributed by atoms with E-state index < -0.39 is 11.7 Å². The van der Waals surface area contributed by atoms with Gasteiger partial charge in [0.15, 0.2) is 0 Å². The van der Waals surface area contributed by atoms with Gasteiger partial charge < -0.3 is 15.6 Å². The van der Waals surface area contributed by atoms with Gasteiger partial charge >= 0.3 is 11.0 Å². The summed E-state index contributed by atoms with van der Waals surface area (Å²) in [6.07, 6.45) is -1.11. The van der Waals surface area contributed by atoms with Crippen LogP contribution < -0.4 is 15.5 Å². The first-order valence-electron chi connectivity index (χ1n) is 11.8. The standard InChI is InChI=1S/C26H20F3N5O2S2/c27-26(28,29)15-3-1-2-13(8-15)11-30-23(35)14-4-6-17-19(9-14)37-24-21(17)22(31-12-32-24)33-16-5-7-18-20(10-16)38-25(36)34-18/h1-3,5,7-8,10,12,14H,4,6,9,11H2,(H,30,35)(H,34,36)(H,31,32,33). The van der Waals surface area contributed by atoms with Crippen LogP contribution in [0.3, 0.4) is 0 Å². The molecule has 12 heteroatoms. The van der Waals surface area contributed by atoms with Gasteiger partial charge in [-0.25, -0.2) is 9.97 Å². The number of aromatic amines is 1. The highest BCUT2D eigenvalue weighted by molar-refractivity contribution is 7.19. The summed E-state index contributed by atoms with van der Waals surface area (Å²) in [5.74, 6) is 0.223. The van der Waals surface area contributed by atoms with Gasteiger partial charge in [0.05, 0.1) is 21.2 Å². The predicted molar refractivity (Wildman–Crippen MR) is 142 cm³/mol. The number of nitrogens with one attached hydrogen (secondary N) is 3. The zero-order chi connectivity index (χ0) is 26.4. The SMILES string of the molecule is O=C(NCc1cccc(C(F)(F)F)c1)C1CCc2c(sc3ncnc(Nc4ccc5[nH]c(=O)sc5c4)c23)C1. The Morgan fingerprint density at radius 3 is 2.84 bits per heavy atom. The fourth-order valence-corrected chi connectivity index (χ4v) is 6.82. The fourth-order valence-electron chi connectivity index (χ4n) is 4.78. The van der Waals surface area contributed by atoms with Gasteiger partial charge in [0, 0.05) is 23.0 Å². The van der Waals surface area contributed by atoms with E-state index in [0.717, 1.165) is 60.0 Å². The lowest BCUT2D eigenvalue weighted by atomic mass is 9.87. The number of halogens is 3. The normalized spacial score (nSPS) is 15.5. The summed E-state index contributed by atoms with van der Waals surface area (Å²) >= 11 is 2.67. The zero-order valence-corrected chi connectivity index (χ0v) is 21.3. The number of hydrogen-bond acceptors (Lipinski definition) is 7. The molecule has 0 aliphatic heterocycles. The van der Waals surface area contributed by atoms with Crippen LogP contribution in [-0.4, -0.2) is 20.9 Å². The molecule has 1 aliphatic carbocycles. The molecule has 7 nitrogen and oxygen atoms in total. The summed E-state index contributed by atoms with van der Waals surface area (Å²) in [6, 6.07) is 10.6. The molecular formula is C26H20F3N5O2S2. The first-order chi connectivity index (χ1) is 18.2. The van der Waals surface area contributed by atoms with Crippen molar-refractivity contribution in [1.82, 2.24) is 20.3 Å². The van der Waals surface area contributed by atoms with Crippen molar-refractivity contribution in [3.63, 3.8) is 0 Å². The summed E-state index contributed by atoms with van der Waals surface area (Å²) in [4.78, 5) is 38.0. The van der Waals surface area contributed by atoms with Gasteiger partial charge in [0.1, 0.15) is 17.0 Å². The van der Waals surface area contributed by atoms with Crippen LogP contribution in [0.2, 0.25) is 0 Å². The third-order valence-corrected chi connectivity index (χ3v) is 8.63. The first-order valence-corrected chi connectivity index (χ1v) is 13.5. The van der Waals surface area contributed by atoms with Gasteiger partial charge in [0.25, 0.3) is 0 Å². The quantitative estimate of drug-likeness (QED) is 0.255. The Hall–Kier alpha value is -3.77. The lowest BCUT2D eigenvalue weighted by Crippen LogP contribution is -2.33. The van der Waals surface area contributed by atoms with Gasteiger partial charge in [-0.05, 0) is 60.7 Å². The Morgan fingerprint density at radius 1 is 1.13 bits per heavy atom. The Morgan fingerprint density at radius 2 is 2.00 bits per heavy atom. The van der Waals surface area contributed by atoms with E-state index in [1.54, 1.807) is 6.07 Å². The second kappa shape index (κ2) is 9.52. The molecule has 1 amide bonds. The lowest BCUT2D eigenvalue weighted by Gasteiger charge is -2.22. The molecule has 0 saturated heterocycles. The van der Waals surface area contributed by atoms with Gasteiger partial charge in [0.2, 0.25) is 5.91 Å². The first kappa shape index (κ1) is 24.6. The molecule has 0 radical (unpaired) electrons. The van der Waals surface area contributed by atoms with E-state index in [-0.39, 0.29) is 23.2 Å². The van der Waals surface area contributed by atoms with Crippen LogP contribution in [0.1, 0.15) is 28.0 Å². The number of anilines is 2. The van der Waals surface area contributed by atoms with Gasteiger partial charge in [-0.15, -0.1) is 11.3 Å². The summed E-state index contributed by atoms with van der Waals surface area (Å²) in [7, 11) is 0. The molecule has 6 rings (SSSR count). The molecule has 38 heavy (non-hydrogen) atoms. The van der Waals surface area contributed by atoms with E-state index in [1.807, 2.05) is 18.2 Å². The van der Waals surface area contributed by atoms with Crippen LogP contribution in [0.4, 0.5) is 24.7 Å². The van der Waals surface area contributed by atoms with Crippen LogP contribution in [0.5, 0.6) is 0 Å². The van der Waals surface area contributed by atoms with E-state index >= 15 is 0 Å². The molecule has 1 atom stereocenters. The number of rotatable bonds is 5. The van der Waals surface area contributed by atoms with E-state index in [9.17, 15) is 22.8 Å². The van der Waals surface area contributed by atoms with Crippen LogP contribution >= 0.6 is 22.7 Å². The monoisotopic (exact) mass is 555 g/mol. The van der Waals surface area contributed by atoms with Crippen molar-refractivity contribution in [3.8, 4) is 0 Å². The molecular weight excluding hydrogens is 535 g/mol. The van der Waals surface area contributed by atoms with Crippen molar-refractivity contribution in [3.05, 3.63) is 80.0 Å². The molecule has 0 saturated carbocycles. The number of fused-ring (bicyclic) bond motifs is 4. The number of nitrogens with zero attached hydrogens (tertiary/aromatic N) is 2. The number of carbonyl (C=O) groups excluding carboxylic acids is 1. The lowest BCUT2D eigenvalue weighted by molar-refractivity contribution is -0.137. The number of H-pyrrole nitrogens is 1. The van der Waals surface area contributed by atoms with Gasteiger partial charge in [-0.2, -0.15) is 13.2 Å². The molecule has 0 bridgehead atoms. The molecule has 1 aliphatic rings. The molecule has 0 fully saturated rings. The highest BCUT2D eigenvalue weighted by atomic mass is 32.1. The number of aromatic nitrogens is 3. The molecule has 3 aromatic heterocycles. The number of amides is 1. The fraction of sp³-hybridized carbons (Fsp3) is 0.231. The largest absolute Gasteiger partial charge is 0.416 e. The highest BCUT2D eigenvalue weighted by Gasteiger charge is 2.31. The van der Waals surface area contributed by atoms with Crippen LogP contribution in [0, 0.1) is 5.92 Å². The minimum atomic E-state index is -4.42. The average molecular weight is 556 g/mol. The van der Waals surface area contributed by atoms with E-state index in [4.69, 9.17) is 0 Å². The van der Waals surface area contributed by atoms with E-state index in [2.05, 4.69) is 25.6 Å². The maximum Gasteiger partial charge on any atom is 0.416 e. The van der Waals surface area contributed by atoms with Crippen molar-refractivity contribution in [2.45, 2.75) is 32.0 Å². The summed E-state index contributed by atoms with van der Waals surface area (Å²) in [5, 5.41) is 7.09. The molecule has 2 aromatic carbocycles. The predicted octanol–water partition coefficient (Wildman–Crippen LogP) is 5.78. The summed E-state index contributed by atoms with van der Waals surface area (Å²) < 4.78 is 39.8. The Labute approximate surface area is 221 Å². The number of alkyl halides is 3. The van der Waals surface area contributed by atoms with E-state index in [0.29, 0.717) is 30.6 Å². The topological polar surface area (TPSA) is 99.8 Å². The Kier molecular flexibility index (Phi) is 6.15. The molecule has 194 valence electrons. The number of aryl methyl sites for hydroxylation is 1. The Bertz CT molecular complexity index is 1740.